The summed E-state index contributed by atoms with van der Waals surface area (Å²) in [5, 5.41) is 8.23. The van der Waals surface area contributed by atoms with Crippen LogP contribution in [-0.2, 0) is 4.74 Å². The van der Waals surface area contributed by atoms with Crippen LogP contribution in [0.5, 0.6) is 0 Å². The van der Waals surface area contributed by atoms with Crippen LogP contribution in [-0.4, -0.2) is 53.5 Å². The Morgan fingerprint density at radius 1 is 1.33 bits per heavy atom. The zero-order valence-corrected chi connectivity index (χ0v) is 10.6. The maximum Gasteiger partial charge on any atom is 0.410 e. The van der Waals surface area contributed by atoms with Crippen LogP contribution >= 0.6 is 0 Å². The van der Waals surface area contributed by atoms with E-state index in [-0.39, 0.29) is 11.7 Å². The van der Waals surface area contributed by atoms with Crippen LogP contribution in [0.25, 0.3) is 0 Å². The van der Waals surface area contributed by atoms with Gasteiger partial charge in [-0.15, -0.1) is 5.10 Å². The van der Waals surface area contributed by atoms with Gasteiger partial charge in [0.05, 0.1) is 18.8 Å². The number of carbonyl (C=O) groups excluding carboxylic acids is 1. The van der Waals surface area contributed by atoms with Gasteiger partial charge < -0.3 is 14.5 Å². The number of hydrogen-bond acceptors (Lipinski definition) is 5. The van der Waals surface area contributed by atoms with Gasteiger partial charge in [-0.2, -0.15) is 5.10 Å². The van der Waals surface area contributed by atoms with Crippen LogP contribution in [0, 0.1) is 6.92 Å². The molecular weight excluding hydrogens is 232 g/mol. The van der Waals surface area contributed by atoms with Crippen molar-refractivity contribution in [2.45, 2.75) is 18.9 Å². The van der Waals surface area contributed by atoms with Crippen molar-refractivity contribution in [3.63, 3.8) is 0 Å². The number of hydrogen-bond donors (Lipinski definition) is 0. The molecule has 2 fully saturated rings. The number of anilines is 1. The first-order valence-corrected chi connectivity index (χ1v) is 6.07. The highest BCUT2D eigenvalue weighted by molar-refractivity contribution is 5.70. The first kappa shape index (κ1) is 11.3. The summed E-state index contributed by atoms with van der Waals surface area (Å²) in [5.74, 6) is 0.850. The largest absolute Gasteiger partial charge is 0.439 e. The second-order valence-electron chi connectivity index (χ2n) is 5.11. The van der Waals surface area contributed by atoms with Gasteiger partial charge in [0.15, 0.2) is 11.4 Å². The van der Waals surface area contributed by atoms with Crippen molar-refractivity contribution < 1.29 is 9.53 Å². The molecule has 0 aliphatic carbocycles. The van der Waals surface area contributed by atoms with Crippen LogP contribution in [0.4, 0.5) is 10.6 Å². The van der Waals surface area contributed by atoms with E-state index >= 15 is 0 Å². The van der Waals surface area contributed by atoms with E-state index in [1.807, 2.05) is 19.1 Å². The van der Waals surface area contributed by atoms with Gasteiger partial charge in [-0.1, -0.05) is 0 Å². The van der Waals surface area contributed by atoms with Gasteiger partial charge in [0.1, 0.15) is 0 Å². The number of carbonyl (C=O) groups is 1. The average molecular weight is 248 g/mol. The Balaban J connectivity index is 1.76. The van der Waals surface area contributed by atoms with Crippen molar-refractivity contribution in [3.8, 4) is 0 Å². The van der Waals surface area contributed by atoms with Crippen molar-refractivity contribution in [2.75, 3.05) is 31.6 Å². The van der Waals surface area contributed by atoms with E-state index in [0.717, 1.165) is 24.5 Å². The number of ether oxygens (including phenoxy) is 1. The Kier molecular flexibility index (Phi) is 2.39. The molecule has 6 nitrogen and oxygen atoms in total. The summed E-state index contributed by atoms with van der Waals surface area (Å²) in [7, 11) is 1.77. The van der Waals surface area contributed by atoms with Gasteiger partial charge in [0, 0.05) is 20.0 Å². The minimum absolute atomic E-state index is 0.230. The number of aryl methyl sites for hydroxylation is 1. The van der Waals surface area contributed by atoms with Crippen molar-refractivity contribution >= 4 is 11.9 Å². The number of likely N-dealkylation sites (N-methyl/N-ethyl adjacent to an activating group) is 1. The molecule has 3 heterocycles. The first-order chi connectivity index (χ1) is 8.58. The van der Waals surface area contributed by atoms with Crippen LogP contribution < -0.4 is 4.90 Å². The fourth-order valence-electron chi connectivity index (χ4n) is 2.61. The van der Waals surface area contributed by atoms with E-state index < -0.39 is 0 Å². The van der Waals surface area contributed by atoms with Crippen LogP contribution in [0.1, 0.15) is 12.1 Å². The van der Waals surface area contributed by atoms with Crippen molar-refractivity contribution in [2.24, 2.45) is 0 Å². The number of aromatic nitrogens is 2. The summed E-state index contributed by atoms with van der Waals surface area (Å²) in [4.78, 5) is 15.2. The second-order valence-corrected chi connectivity index (χ2v) is 5.11. The summed E-state index contributed by atoms with van der Waals surface area (Å²) in [6.45, 7) is 4.11. The molecule has 0 N–H and O–H groups in total. The lowest BCUT2D eigenvalue weighted by Crippen LogP contribution is -2.37. The van der Waals surface area contributed by atoms with Gasteiger partial charge in [-0.05, 0) is 19.1 Å². The molecule has 18 heavy (non-hydrogen) atoms. The van der Waals surface area contributed by atoms with Gasteiger partial charge in [-0.3, -0.25) is 0 Å². The summed E-state index contributed by atoms with van der Waals surface area (Å²) in [5.41, 5.74) is 0.540. The highest BCUT2D eigenvalue weighted by Gasteiger charge is 2.48. The highest BCUT2D eigenvalue weighted by Crippen LogP contribution is 2.33. The minimum Gasteiger partial charge on any atom is -0.439 e. The quantitative estimate of drug-likeness (QED) is 0.736. The van der Waals surface area contributed by atoms with Gasteiger partial charge in [-0.25, -0.2) is 4.79 Å². The Morgan fingerprint density at radius 2 is 2.17 bits per heavy atom. The van der Waals surface area contributed by atoms with Crippen molar-refractivity contribution in [3.05, 3.63) is 17.8 Å². The monoisotopic (exact) mass is 248 g/mol. The first-order valence-electron chi connectivity index (χ1n) is 6.07. The second kappa shape index (κ2) is 3.83. The predicted octanol–water partition coefficient (Wildman–Crippen LogP) is 0.816. The minimum atomic E-state index is -0.363. The maximum atomic E-state index is 11.5. The Morgan fingerprint density at radius 3 is 2.78 bits per heavy atom. The molecule has 0 bridgehead atoms. The molecule has 1 aromatic heterocycles. The standard InChI is InChI=1S/C12H16N4O2/c1-9-3-4-10(14-13-9)16-6-5-12(8-16)7-15(2)11(17)18-12/h3-4H,5-8H2,1-2H3/t12-/m0/s1. The normalized spacial score (nSPS) is 27.1. The molecule has 0 unspecified atom stereocenters. The summed E-state index contributed by atoms with van der Waals surface area (Å²) in [6.07, 6.45) is 0.616. The summed E-state index contributed by atoms with van der Waals surface area (Å²) >= 11 is 0. The lowest BCUT2D eigenvalue weighted by atomic mass is 10.0. The third-order valence-corrected chi connectivity index (χ3v) is 3.56. The SMILES string of the molecule is Cc1ccc(N2CC[C@]3(CN(C)C(=O)O3)C2)nn1. The molecular formula is C12H16N4O2. The molecule has 0 saturated carbocycles. The maximum absolute atomic E-state index is 11.5. The Bertz CT molecular complexity index is 475. The topological polar surface area (TPSA) is 58.6 Å². The molecule has 96 valence electrons. The van der Waals surface area contributed by atoms with Crippen molar-refractivity contribution in [1.82, 2.24) is 15.1 Å². The molecule has 0 aromatic carbocycles. The van der Waals surface area contributed by atoms with E-state index in [1.54, 1.807) is 11.9 Å². The van der Waals surface area contributed by atoms with Gasteiger partial charge in [0.2, 0.25) is 0 Å². The van der Waals surface area contributed by atoms with Crippen LogP contribution in [0.2, 0.25) is 0 Å². The fraction of sp³-hybridized carbons (Fsp3) is 0.583. The van der Waals surface area contributed by atoms with Gasteiger partial charge in [0.25, 0.3) is 0 Å². The molecule has 1 aromatic rings. The predicted molar refractivity (Wildman–Crippen MR) is 65.4 cm³/mol. The fourth-order valence-corrected chi connectivity index (χ4v) is 2.61. The van der Waals surface area contributed by atoms with E-state index in [2.05, 4.69) is 15.1 Å². The zero-order valence-electron chi connectivity index (χ0n) is 10.6. The smallest absolute Gasteiger partial charge is 0.410 e. The molecule has 1 atom stereocenters. The Labute approximate surface area is 106 Å². The van der Waals surface area contributed by atoms with Gasteiger partial charge >= 0.3 is 6.09 Å². The number of rotatable bonds is 1. The van der Waals surface area contributed by atoms with Crippen LogP contribution in [0.3, 0.4) is 0 Å². The third-order valence-electron chi connectivity index (χ3n) is 3.56. The lowest BCUT2D eigenvalue weighted by Gasteiger charge is -2.21. The molecule has 0 radical (unpaired) electrons. The molecule has 3 rings (SSSR count). The summed E-state index contributed by atoms with van der Waals surface area (Å²) < 4.78 is 5.49. The van der Waals surface area contributed by atoms with E-state index in [9.17, 15) is 4.79 Å². The lowest BCUT2D eigenvalue weighted by molar-refractivity contribution is 0.0741. The third kappa shape index (κ3) is 1.77. The molecule has 2 saturated heterocycles. The molecule has 1 spiro atoms. The molecule has 2 aliphatic rings. The van der Waals surface area contributed by atoms with E-state index in [1.165, 1.54) is 0 Å². The van der Waals surface area contributed by atoms with Crippen LogP contribution in [0.15, 0.2) is 12.1 Å². The zero-order chi connectivity index (χ0) is 12.8. The molecule has 6 heteroatoms. The highest BCUT2D eigenvalue weighted by atomic mass is 16.6. The van der Waals surface area contributed by atoms with E-state index in [0.29, 0.717) is 13.1 Å². The van der Waals surface area contributed by atoms with E-state index in [4.69, 9.17) is 4.74 Å². The Hall–Kier alpha value is -1.85. The van der Waals surface area contributed by atoms with Crippen molar-refractivity contribution in [1.29, 1.82) is 0 Å². The molecule has 1 amide bonds. The molecule has 2 aliphatic heterocycles. The summed E-state index contributed by atoms with van der Waals surface area (Å²) in [6, 6.07) is 3.90. The number of amides is 1. The average Bonchev–Trinajstić information content (AvgIpc) is 2.85. The number of nitrogens with zero attached hydrogens (tertiary/aromatic N) is 4.